The Kier molecular flexibility index (Phi) is 5.97. The minimum absolute atomic E-state index is 0.207. The summed E-state index contributed by atoms with van der Waals surface area (Å²) in [5, 5.41) is 17.7. The van der Waals surface area contributed by atoms with Gasteiger partial charge in [-0.05, 0) is 29.0 Å². The van der Waals surface area contributed by atoms with Gasteiger partial charge in [0.1, 0.15) is 0 Å². The largest absolute Gasteiger partial charge is 0.463 e. The second-order valence-corrected chi connectivity index (χ2v) is 6.89. The molecule has 0 aliphatic carbocycles. The van der Waals surface area contributed by atoms with Crippen molar-refractivity contribution in [3.63, 3.8) is 0 Å². The summed E-state index contributed by atoms with van der Waals surface area (Å²) >= 11 is 7.59. The molecule has 142 valence electrons. The minimum Gasteiger partial charge on any atom is -0.463 e. The predicted octanol–water partition coefficient (Wildman–Crippen LogP) is 1.83. The molecule has 2 heterocycles. The van der Waals surface area contributed by atoms with Crippen LogP contribution in [0, 0.1) is 0 Å². The number of hydrogen-bond donors (Lipinski definition) is 2. The van der Waals surface area contributed by atoms with Crippen LogP contribution in [-0.4, -0.2) is 44.6 Å². The maximum atomic E-state index is 12.7. The zero-order valence-electron chi connectivity index (χ0n) is 14.6. The molecule has 0 radical (unpaired) electrons. The fourth-order valence-corrected chi connectivity index (χ4v) is 3.67. The first kappa shape index (κ1) is 19.2. The van der Waals surface area contributed by atoms with E-state index in [0.29, 0.717) is 27.0 Å². The fraction of sp³-hybridized carbons (Fsp3) is 0.312. The molecule has 0 saturated heterocycles. The number of carbonyl (C=O) groups excluding carboxylic acids is 2. The van der Waals surface area contributed by atoms with Gasteiger partial charge in [0.05, 0.1) is 18.2 Å². The summed E-state index contributed by atoms with van der Waals surface area (Å²) in [6, 6.07) is 5.88. The van der Waals surface area contributed by atoms with E-state index in [1.54, 1.807) is 38.2 Å². The molecule has 27 heavy (non-hydrogen) atoms. The van der Waals surface area contributed by atoms with E-state index in [2.05, 4.69) is 26.2 Å². The third-order valence-electron chi connectivity index (χ3n) is 3.79. The number of aryl methyl sites for hydroxylation is 1. The molecule has 0 unspecified atom stereocenters. The van der Waals surface area contributed by atoms with Crippen molar-refractivity contribution < 1.29 is 14.3 Å². The van der Waals surface area contributed by atoms with E-state index >= 15 is 0 Å². The van der Waals surface area contributed by atoms with Crippen LogP contribution in [0.2, 0.25) is 5.02 Å². The first-order valence-electron chi connectivity index (χ1n) is 8.08. The summed E-state index contributed by atoms with van der Waals surface area (Å²) in [5.74, 6) is -0.252. The van der Waals surface area contributed by atoms with Crippen LogP contribution in [0.15, 0.2) is 40.7 Å². The molecule has 2 amide bonds. The molecule has 3 rings (SSSR count). The highest BCUT2D eigenvalue weighted by atomic mass is 35.5. The van der Waals surface area contributed by atoms with Crippen molar-refractivity contribution in [3.05, 3.63) is 46.1 Å². The summed E-state index contributed by atoms with van der Waals surface area (Å²) < 4.78 is 6.72. The molecule has 0 saturated carbocycles. The van der Waals surface area contributed by atoms with Crippen molar-refractivity contribution in [2.24, 2.45) is 7.05 Å². The number of tetrazole rings is 1. The molecule has 2 N–H and O–H groups in total. The summed E-state index contributed by atoms with van der Waals surface area (Å²) in [4.78, 5) is 24.9. The highest BCUT2D eigenvalue weighted by molar-refractivity contribution is 7.99. The predicted molar refractivity (Wildman–Crippen MR) is 99.0 cm³/mol. The maximum absolute atomic E-state index is 12.7. The number of urea groups is 1. The lowest BCUT2D eigenvalue weighted by molar-refractivity contribution is -0.139. The zero-order chi connectivity index (χ0) is 19.4. The van der Waals surface area contributed by atoms with Gasteiger partial charge in [0.2, 0.25) is 5.16 Å². The van der Waals surface area contributed by atoms with Gasteiger partial charge in [0, 0.05) is 23.5 Å². The summed E-state index contributed by atoms with van der Waals surface area (Å²) in [5.41, 5.74) is 1.34. The Bertz CT molecular complexity index is 900. The van der Waals surface area contributed by atoms with E-state index in [9.17, 15) is 9.59 Å². The van der Waals surface area contributed by atoms with Gasteiger partial charge in [-0.25, -0.2) is 14.3 Å². The molecule has 1 atom stereocenters. The average Bonchev–Trinajstić information content (AvgIpc) is 3.05. The number of halogens is 1. The first-order chi connectivity index (χ1) is 13.0. The Balaban J connectivity index is 2.00. The lowest BCUT2D eigenvalue weighted by atomic mass is 9.95. The van der Waals surface area contributed by atoms with Gasteiger partial charge in [0.25, 0.3) is 0 Å². The van der Waals surface area contributed by atoms with Crippen LogP contribution in [0.5, 0.6) is 0 Å². The Morgan fingerprint density at radius 3 is 2.85 bits per heavy atom. The van der Waals surface area contributed by atoms with Crippen molar-refractivity contribution in [3.8, 4) is 0 Å². The van der Waals surface area contributed by atoms with E-state index in [4.69, 9.17) is 16.3 Å². The minimum atomic E-state index is -0.722. The molecule has 1 aliphatic heterocycles. The summed E-state index contributed by atoms with van der Waals surface area (Å²) in [6.45, 7) is 1.93. The number of nitrogens with zero attached hydrogens (tertiary/aromatic N) is 4. The highest BCUT2D eigenvalue weighted by Gasteiger charge is 2.34. The lowest BCUT2D eigenvalue weighted by Crippen LogP contribution is -2.46. The van der Waals surface area contributed by atoms with E-state index in [-0.39, 0.29) is 12.4 Å². The second-order valence-electron chi connectivity index (χ2n) is 5.54. The summed E-state index contributed by atoms with van der Waals surface area (Å²) in [7, 11) is 1.70. The standard InChI is InChI=1S/C16H17ClN6O3S/c1-3-26-14(24)12-11(8-27-16-20-21-22-23(16)2)18-15(25)19-13(12)9-6-4-5-7-10(9)17/h4-7,13H,3,8H2,1-2H3,(H2,18,19,25)/t13-/m1/s1. The highest BCUT2D eigenvalue weighted by Crippen LogP contribution is 2.33. The number of ether oxygens (including phenoxy) is 1. The van der Waals surface area contributed by atoms with Gasteiger partial charge >= 0.3 is 12.0 Å². The van der Waals surface area contributed by atoms with Crippen LogP contribution in [0.25, 0.3) is 0 Å². The van der Waals surface area contributed by atoms with Crippen LogP contribution < -0.4 is 10.6 Å². The van der Waals surface area contributed by atoms with Crippen LogP contribution in [0.1, 0.15) is 18.5 Å². The molecule has 0 bridgehead atoms. The van der Waals surface area contributed by atoms with Gasteiger partial charge < -0.3 is 15.4 Å². The quantitative estimate of drug-likeness (QED) is 0.554. The number of thioether (sulfide) groups is 1. The van der Waals surface area contributed by atoms with Crippen LogP contribution >= 0.6 is 23.4 Å². The van der Waals surface area contributed by atoms with Gasteiger partial charge in [0.15, 0.2) is 0 Å². The second kappa shape index (κ2) is 8.40. The molecular weight excluding hydrogens is 392 g/mol. The molecular formula is C16H17ClN6O3S. The number of aromatic nitrogens is 4. The van der Waals surface area contributed by atoms with Crippen molar-refractivity contribution in [1.82, 2.24) is 30.8 Å². The normalized spacial score (nSPS) is 16.7. The number of esters is 1. The molecule has 1 aromatic heterocycles. The third kappa shape index (κ3) is 4.22. The van der Waals surface area contributed by atoms with Crippen molar-refractivity contribution in [2.75, 3.05) is 12.4 Å². The van der Waals surface area contributed by atoms with Gasteiger partial charge in [-0.1, -0.05) is 41.6 Å². The monoisotopic (exact) mass is 408 g/mol. The van der Waals surface area contributed by atoms with Crippen LogP contribution in [-0.2, 0) is 16.6 Å². The van der Waals surface area contributed by atoms with Gasteiger partial charge in [-0.2, -0.15) is 0 Å². The number of rotatable bonds is 6. The molecule has 2 aromatic rings. The Morgan fingerprint density at radius 2 is 2.19 bits per heavy atom. The molecule has 9 nitrogen and oxygen atoms in total. The first-order valence-corrected chi connectivity index (χ1v) is 9.44. The zero-order valence-corrected chi connectivity index (χ0v) is 16.2. The van der Waals surface area contributed by atoms with Crippen molar-refractivity contribution in [2.45, 2.75) is 18.1 Å². The number of amides is 2. The van der Waals surface area contributed by atoms with Gasteiger partial charge in [-0.3, -0.25) is 0 Å². The topological polar surface area (TPSA) is 111 Å². The van der Waals surface area contributed by atoms with Gasteiger partial charge in [-0.15, -0.1) is 5.10 Å². The van der Waals surface area contributed by atoms with E-state index in [1.165, 1.54) is 16.4 Å². The van der Waals surface area contributed by atoms with E-state index in [0.717, 1.165) is 0 Å². The molecule has 0 spiro atoms. The Hall–Kier alpha value is -2.59. The number of hydrogen-bond acceptors (Lipinski definition) is 7. The SMILES string of the molecule is CCOC(=O)C1=C(CSc2nnnn2C)NC(=O)N[C@@H]1c1ccccc1Cl. The molecule has 0 fully saturated rings. The van der Waals surface area contributed by atoms with Crippen molar-refractivity contribution in [1.29, 1.82) is 0 Å². The van der Waals surface area contributed by atoms with Crippen LogP contribution in [0.3, 0.4) is 0 Å². The Morgan fingerprint density at radius 1 is 1.41 bits per heavy atom. The van der Waals surface area contributed by atoms with Crippen LogP contribution in [0.4, 0.5) is 4.79 Å². The average molecular weight is 409 g/mol. The van der Waals surface area contributed by atoms with E-state index < -0.39 is 18.0 Å². The number of nitrogens with one attached hydrogen (secondary N) is 2. The Labute approximate surface area is 164 Å². The van der Waals surface area contributed by atoms with E-state index in [1.807, 2.05) is 0 Å². The lowest BCUT2D eigenvalue weighted by Gasteiger charge is -2.29. The fourth-order valence-electron chi connectivity index (χ4n) is 2.60. The summed E-state index contributed by atoms with van der Waals surface area (Å²) in [6.07, 6.45) is 0. The van der Waals surface area contributed by atoms with Crippen molar-refractivity contribution >= 4 is 35.4 Å². The third-order valence-corrected chi connectivity index (χ3v) is 5.17. The molecule has 11 heteroatoms. The molecule has 1 aliphatic rings. The maximum Gasteiger partial charge on any atom is 0.338 e. The smallest absolute Gasteiger partial charge is 0.338 e. The molecule has 1 aromatic carbocycles. The number of benzene rings is 1. The number of carbonyl (C=O) groups is 2.